The molecule has 0 bridgehead atoms. The van der Waals surface area contributed by atoms with Gasteiger partial charge < -0.3 is 10.6 Å². The molecule has 2 aromatic heterocycles. The summed E-state index contributed by atoms with van der Waals surface area (Å²) < 4.78 is 1.91. The van der Waals surface area contributed by atoms with Crippen molar-refractivity contribution in [2.24, 2.45) is 0 Å². The first-order valence-electron chi connectivity index (χ1n) is 9.29. The molecule has 0 fully saturated rings. The quantitative estimate of drug-likeness (QED) is 0.442. The molecule has 4 rings (SSSR count). The summed E-state index contributed by atoms with van der Waals surface area (Å²) in [6, 6.07) is 16.5. The molecule has 0 radical (unpaired) electrons. The molecule has 30 heavy (non-hydrogen) atoms. The maximum Gasteiger partial charge on any atom is 0.265 e. The number of fused-ring (bicyclic) bond motifs is 1. The number of thiophene rings is 1. The van der Waals surface area contributed by atoms with E-state index in [1.807, 2.05) is 41.9 Å². The fourth-order valence-corrected chi connectivity index (χ4v) is 4.31. The second kappa shape index (κ2) is 8.30. The summed E-state index contributed by atoms with van der Waals surface area (Å²) in [7, 11) is 0. The van der Waals surface area contributed by atoms with Gasteiger partial charge in [-0.2, -0.15) is 5.10 Å². The van der Waals surface area contributed by atoms with Gasteiger partial charge in [0.15, 0.2) is 0 Å². The van der Waals surface area contributed by atoms with E-state index >= 15 is 0 Å². The third-order valence-corrected chi connectivity index (χ3v) is 5.94. The Labute approximate surface area is 182 Å². The molecule has 8 heteroatoms. The molecule has 4 aromatic rings. The Morgan fingerprint density at radius 1 is 1.03 bits per heavy atom. The fourth-order valence-electron chi connectivity index (χ4n) is 3.13. The largest absolute Gasteiger partial charge is 0.326 e. The van der Waals surface area contributed by atoms with E-state index in [1.165, 1.54) is 18.3 Å². The molecular formula is C22H19ClN4O2S. The van der Waals surface area contributed by atoms with Gasteiger partial charge in [0.05, 0.1) is 17.1 Å². The standard InChI is InChI=1S/C22H19ClN4O2S/c1-13-19-11-20(21(29)25-18-9-7-17(8-10-18)24-14(2)28)30-22(19)27(26-13)12-15-3-5-16(23)6-4-15/h3-11H,12H2,1-2H3,(H,24,28)(H,25,29). The Hall–Kier alpha value is -3.16. The number of anilines is 2. The topological polar surface area (TPSA) is 76.0 Å². The molecule has 2 heterocycles. The molecule has 0 atom stereocenters. The number of hydrogen-bond donors (Lipinski definition) is 2. The van der Waals surface area contributed by atoms with Crippen LogP contribution in [0.2, 0.25) is 5.02 Å². The summed E-state index contributed by atoms with van der Waals surface area (Å²) in [5, 5.41) is 11.9. The Bertz CT molecular complexity index is 1230. The Morgan fingerprint density at radius 2 is 1.67 bits per heavy atom. The number of nitrogens with zero attached hydrogens (tertiary/aromatic N) is 2. The normalized spacial score (nSPS) is 10.9. The average Bonchev–Trinajstić information content (AvgIpc) is 3.26. The minimum absolute atomic E-state index is 0.139. The number of aromatic nitrogens is 2. The molecule has 0 aliphatic heterocycles. The third kappa shape index (κ3) is 4.37. The predicted octanol–water partition coefficient (Wildman–Crippen LogP) is 5.32. The van der Waals surface area contributed by atoms with E-state index < -0.39 is 0 Å². The van der Waals surface area contributed by atoms with Crippen LogP contribution in [-0.4, -0.2) is 21.6 Å². The van der Waals surface area contributed by atoms with Crippen molar-refractivity contribution in [1.29, 1.82) is 0 Å². The van der Waals surface area contributed by atoms with Gasteiger partial charge in [0.1, 0.15) is 4.83 Å². The number of carbonyl (C=O) groups is 2. The van der Waals surface area contributed by atoms with Gasteiger partial charge in [-0.15, -0.1) is 11.3 Å². The van der Waals surface area contributed by atoms with E-state index in [1.54, 1.807) is 24.3 Å². The molecule has 0 aliphatic carbocycles. The predicted molar refractivity (Wildman–Crippen MR) is 122 cm³/mol. The SMILES string of the molecule is CC(=O)Nc1ccc(NC(=O)c2cc3c(C)nn(Cc4ccc(Cl)cc4)c3s2)cc1. The van der Waals surface area contributed by atoms with Crippen LogP contribution >= 0.6 is 22.9 Å². The van der Waals surface area contributed by atoms with Crippen LogP contribution in [0, 0.1) is 6.92 Å². The number of benzene rings is 2. The van der Waals surface area contributed by atoms with Crippen molar-refractivity contribution in [3.8, 4) is 0 Å². The second-order valence-electron chi connectivity index (χ2n) is 6.91. The third-order valence-electron chi connectivity index (χ3n) is 4.54. The Morgan fingerprint density at radius 3 is 2.30 bits per heavy atom. The molecule has 2 aromatic carbocycles. The van der Waals surface area contributed by atoms with Crippen LogP contribution in [0.5, 0.6) is 0 Å². The number of carbonyl (C=O) groups excluding carboxylic acids is 2. The van der Waals surface area contributed by atoms with Crippen molar-refractivity contribution in [3.63, 3.8) is 0 Å². The maximum atomic E-state index is 12.7. The van der Waals surface area contributed by atoms with Crippen molar-refractivity contribution < 1.29 is 9.59 Å². The molecular weight excluding hydrogens is 420 g/mol. The lowest BCUT2D eigenvalue weighted by Gasteiger charge is -2.06. The van der Waals surface area contributed by atoms with Crippen molar-refractivity contribution in [3.05, 3.63) is 75.8 Å². The highest BCUT2D eigenvalue weighted by Crippen LogP contribution is 2.29. The Kier molecular flexibility index (Phi) is 5.57. The van der Waals surface area contributed by atoms with E-state index in [-0.39, 0.29) is 11.8 Å². The monoisotopic (exact) mass is 438 g/mol. The number of amides is 2. The van der Waals surface area contributed by atoms with Crippen LogP contribution in [0.4, 0.5) is 11.4 Å². The van der Waals surface area contributed by atoms with Crippen molar-refractivity contribution in [1.82, 2.24) is 9.78 Å². The van der Waals surface area contributed by atoms with Gasteiger partial charge in [-0.3, -0.25) is 14.3 Å². The van der Waals surface area contributed by atoms with E-state index in [2.05, 4.69) is 15.7 Å². The van der Waals surface area contributed by atoms with Gasteiger partial charge in [-0.1, -0.05) is 23.7 Å². The van der Waals surface area contributed by atoms with E-state index in [9.17, 15) is 9.59 Å². The van der Waals surface area contributed by atoms with E-state index in [4.69, 9.17) is 11.6 Å². The highest BCUT2D eigenvalue weighted by molar-refractivity contribution is 7.20. The minimum atomic E-state index is -0.180. The molecule has 2 N–H and O–H groups in total. The molecule has 0 saturated heterocycles. The van der Waals surface area contributed by atoms with Crippen LogP contribution in [-0.2, 0) is 11.3 Å². The highest BCUT2D eigenvalue weighted by atomic mass is 35.5. The van der Waals surface area contributed by atoms with Crippen molar-refractivity contribution >= 4 is 56.3 Å². The summed E-state index contributed by atoms with van der Waals surface area (Å²) in [5.74, 6) is -0.319. The van der Waals surface area contributed by atoms with Crippen LogP contribution < -0.4 is 10.6 Å². The van der Waals surface area contributed by atoms with Crippen molar-refractivity contribution in [2.75, 3.05) is 10.6 Å². The zero-order valence-electron chi connectivity index (χ0n) is 16.4. The maximum absolute atomic E-state index is 12.7. The lowest BCUT2D eigenvalue weighted by molar-refractivity contribution is -0.114. The number of halogens is 1. The molecule has 0 aliphatic rings. The number of rotatable bonds is 5. The van der Waals surface area contributed by atoms with Crippen molar-refractivity contribution in [2.45, 2.75) is 20.4 Å². The molecule has 6 nitrogen and oxygen atoms in total. The molecule has 0 spiro atoms. The van der Waals surface area contributed by atoms with Crippen LogP contribution in [0.25, 0.3) is 10.2 Å². The van der Waals surface area contributed by atoms with Gasteiger partial charge in [0, 0.05) is 28.7 Å². The molecule has 2 amide bonds. The first-order chi connectivity index (χ1) is 14.4. The summed E-state index contributed by atoms with van der Waals surface area (Å²) in [6.07, 6.45) is 0. The van der Waals surface area contributed by atoms with Gasteiger partial charge in [0.2, 0.25) is 5.91 Å². The number of hydrogen-bond acceptors (Lipinski definition) is 4. The fraction of sp³-hybridized carbons (Fsp3) is 0.136. The zero-order valence-corrected chi connectivity index (χ0v) is 18.0. The van der Waals surface area contributed by atoms with Gasteiger partial charge in [-0.05, 0) is 55.0 Å². The summed E-state index contributed by atoms with van der Waals surface area (Å²) in [5.41, 5.74) is 3.31. The van der Waals surface area contributed by atoms with Gasteiger partial charge in [0.25, 0.3) is 5.91 Å². The number of nitrogens with one attached hydrogen (secondary N) is 2. The van der Waals surface area contributed by atoms with Crippen LogP contribution in [0.1, 0.15) is 27.9 Å². The van der Waals surface area contributed by atoms with E-state index in [0.717, 1.165) is 21.5 Å². The summed E-state index contributed by atoms with van der Waals surface area (Å²) >= 11 is 7.38. The Balaban J connectivity index is 1.53. The second-order valence-corrected chi connectivity index (χ2v) is 8.38. The highest BCUT2D eigenvalue weighted by Gasteiger charge is 2.17. The van der Waals surface area contributed by atoms with Crippen LogP contribution in [0.3, 0.4) is 0 Å². The van der Waals surface area contributed by atoms with Gasteiger partial charge >= 0.3 is 0 Å². The molecule has 0 unspecified atom stereocenters. The first kappa shape index (κ1) is 20.1. The minimum Gasteiger partial charge on any atom is -0.326 e. The summed E-state index contributed by atoms with van der Waals surface area (Å²) in [6.45, 7) is 4.00. The van der Waals surface area contributed by atoms with E-state index in [0.29, 0.717) is 27.8 Å². The summed E-state index contributed by atoms with van der Waals surface area (Å²) in [4.78, 5) is 25.4. The lowest BCUT2D eigenvalue weighted by atomic mass is 10.2. The number of aryl methyl sites for hydroxylation is 1. The lowest BCUT2D eigenvalue weighted by Crippen LogP contribution is -2.10. The first-order valence-corrected chi connectivity index (χ1v) is 10.5. The molecule has 152 valence electrons. The van der Waals surface area contributed by atoms with Crippen LogP contribution in [0.15, 0.2) is 54.6 Å². The smallest absolute Gasteiger partial charge is 0.265 e. The zero-order chi connectivity index (χ0) is 21.3. The molecule has 0 saturated carbocycles. The van der Waals surface area contributed by atoms with Gasteiger partial charge in [-0.25, -0.2) is 0 Å². The average molecular weight is 439 g/mol.